The van der Waals surface area contributed by atoms with Gasteiger partial charge >= 0.3 is 0 Å². The molecular weight excluding hydrogens is 330 g/mol. The Hall–Kier alpha value is -0.730. The molecular formula is C24H43N3. The summed E-state index contributed by atoms with van der Waals surface area (Å²) in [5.74, 6) is 4.09. The topological polar surface area (TPSA) is 18.8 Å². The Morgan fingerprint density at radius 3 is 2.37 bits per heavy atom. The molecule has 0 unspecified atom stereocenters. The van der Waals surface area contributed by atoms with E-state index < -0.39 is 0 Å². The second-order valence-corrected chi connectivity index (χ2v) is 10.4. The Morgan fingerprint density at radius 1 is 0.963 bits per heavy atom. The molecule has 2 atom stereocenters. The molecule has 4 rings (SSSR count). The van der Waals surface area contributed by atoms with E-state index in [1.54, 1.807) is 0 Å². The minimum absolute atomic E-state index is 0.710. The van der Waals surface area contributed by atoms with Crippen molar-refractivity contribution in [3.05, 3.63) is 0 Å². The SMILES string of the molecule is CC(C)C[C@@H]1CN2C(=NC[C@H]2C2CCCCC2)N1CCCC1CCCCC1. The molecule has 3 nitrogen and oxygen atoms in total. The molecule has 4 aliphatic rings. The first-order valence-electron chi connectivity index (χ1n) is 12.3. The summed E-state index contributed by atoms with van der Waals surface area (Å²) in [4.78, 5) is 10.6. The highest BCUT2D eigenvalue weighted by molar-refractivity contribution is 5.84. The normalized spacial score (nSPS) is 30.3. The van der Waals surface area contributed by atoms with Crippen molar-refractivity contribution >= 4 is 5.96 Å². The Morgan fingerprint density at radius 2 is 1.67 bits per heavy atom. The summed E-state index contributed by atoms with van der Waals surface area (Å²) < 4.78 is 0. The molecule has 2 aliphatic heterocycles. The lowest BCUT2D eigenvalue weighted by atomic mass is 9.83. The second-order valence-electron chi connectivity index (χ2n) is 10.4. The molecule has 0 aromatic rings. The Balaban J connectivity index is 1.36. The number of nitrogens with zero attached hydrogens (tertiary/aromatic N) is 3. The summed E-state index contributed by atoms with van der Waals surface area (Å²) in [6.07, 6.45) is 18.8. The van der Waals surface area contributed by atoms with E-state index in [1.807, 2.05) is 0 Å². The molecule has 27 heavy (non-hydrogen) atoms. The minimum atomic E-state index is 0.710. The predicted molar refractivity (Wildman–Crippen MR) is 115 cm³/mol. The number of aliphatic imine (C=N–C) groups is 1. The highest BCUT2D eigenvalue weighted by atomic mass is 15.5. The zero-order valence-electron chi connectivity index (χ0n) is 18.0. The molecule has 2 heterocycles. The van der Waals surface area contributed by atoms with E-state index in [-0.39, 0.29) is 0 Å². The lowest BCUT2D eigenvalue weighted by Crippen LogP contribution is -2.41. The standard InChI is InChI=1S/C24H43N3/c1-19(2)16-22-18-27-23(21-13-7-4-8-14-21)17-25-24(27)26(22)15-9-12-20-10-5-3-6-11-20/h19-23H,3-18H2,1-2H3/t22-,23+/m1/s1. The lowest BCUT2D eigenvalue weighted by Gasteiger charge is -2.33. The van der Waals surface area contributed by atoms with E-state index in [9.17, 15) is 0 Å². The lowest BCUT2D eigenvalue weighted by molar-refractivity contribution is 0.202. The van der Waals surface area contributed by atoms with Crippen molar-refractivity contribution in [2.75, 3.05) is 19.6 Å². The molecule has 3 fully saturated rings. The summed E-state index contributed by atoms with van der Waals surface area (Å²) in [7, 11) is 0. The van der Waals surface area contributed by atoms with Gasteiger partial charge in [-0.05, 0) is 49.9 Å². The summed E-state index contributed by atoms with van der Waals surface area (Å²) in [6, 6.07) is 1.43. The molecule has 2 aliphatic carbocycles. The van der Waals surface area contributed by atoms with Crippen LogP contribution in [0, 0.1) is 17.8 Å². The average Bonchev–Trinajstić information content (AvgIpc) is 3.23. The van der Waals surface area contributed by atoms with Crippen LogP contribution in [0.3, 0.4) is 0 Å². The number of guanidine groups is 1. The van der Waals surface area contributed by atoms with Crippen molar-refractivity contribution in [1.29, 1.82) is 0 Å². The first kappa shape index (κ1) is 19.6. The monoisotopic (exact) mass is 373 g/mol. The third-order valence-corrected chi connectivity index (χ3v) is 7.86. The molecule has 0 bridgehead atoms. The van der Waals surface area contributed by atoms with Gasteiger partial charge < -0.3 is 9.80 Å². The fourth-order valence-corrected chi connectivity index (χ4v) is 6.45. The maximum Gasteiger partial charge on any atom is 0.197 e. The van der Waals surface area contributed by atoms with Crippen LogP contribution >= 0.6 is 0 Å². The first-order valence-corrected chi connectivity index (χ1v) is 12.3. The average molecular weight is 374 g/mol. The highest BCUT2D eigenvalue weighted by Crippen LogP contribution is 2.36. The van der Waals surface area contributed by atoms with Crippen molar-refractivity contribution in [3.63, 3.8) is 0 Å². The van der Waals surface area contributed by atoms with Gasteiger partial charge in [0.25, 0.3) is 0 Å². The van der Waals surface area contributed by atoms with E-state index >= 15 is 0 Å². The van der Waals surface area contributed by atoms with Crippen LogP contribution in [0.1, 0.15) is 97.3 Å². The van der Waals surface area contributed by atoms with Crippen LogP contribution < -0.4 is 0 Å². The molecule has 0 spiro atoms. The Kier molecular flexibility index (Phi) is 6.66. The summed E-state index contributed by atoms with van der Waals surface area (Å²) >= 11 is 0. The van der Waals surface area contributed by atoms with Crippen molar-refractivity contribution in [2.45, 2.75) is 109 Å². The third-order valence-electron chi connectivity index (χ3n) is 7.86. The fourth-order valence-electron chi connectivity index (χ4n) is 6.45. The van der Waals surface area contributed by atoms with E-state index in [2.05, 4.69) is 23.6 Å². The molecule has 0 amide bonds. The molecule has 154 valence electrons. The maximum absolute atomic E-state index is 5.13. The van der Waals surface area contributed by atoms with Crippen LogP contribution in [0.4, 0.5) is 0 Å². The van der Waals surface area contributed by atoms with Crippen molar-refractivity contribution in [2.24, 2.45) is 22.7 Å². The van der Waals surface area contributed by atoms with Gasteiger partial charge in [0.05, 0.1) is 12.6 Å². The van der Waals surface area contributed by atoms with Gasteiger partial charge in [0.15, 0.2) is 5.96 Å². The zero-order valence-corrected chi connectivity index (χ0v) is 18.0. The van der Waals surface area contributed by atoms with Crippen LogP contribution in [-0.2, 0) is 0 Å². The predicted octanol–water partition coefficient (Wildman–Crippen LogP) is 5.70. The minimum Gasteiger partial charge on any atom is -0.338 e. The van der Waals surface area contributed by atoms with Gasteiger partial charge in [-0.25, -0.2) is 0 Å². The van der Waals surface area contributed by atoms with Gasteiger partial charge in [-0.1, -0.05) is 65.2 Å². The Bertz CT molecular complexity index is 488. The number of hydrogen-bond acceptors (Lipinski definition) is 3. The Labute approximate surface area is 168 Å². The van der Waals surface area contributed by atoms with Crippen LogP contribution in [-0.4, -0.2) is 47.5 Å². The second kappa shape index (κ2) is 9.18. The van der Waals surface area contributed by atoms with Crippen LogP contribution in [0.15, 0.2) is 4.99 Å². The van der Waals surface area contributed by atoms with Crippen molar-refractivity contribution < 1.29 is 0 Å². The maximum atomic E-state index is 5.13. The highest BCUT2D eigenvalue weighted by Gasteiger charge is 2.44. The number of rotatable bonds is 7. The van der Waals surface area contributed by atoms with Gasteiger partial charge in [0, 0.05) is 19.1 Å². The molecule has 1 saturated heterocycles. The van der Waals surface area contributed by atoms with Crippen molar-refractivity contribution in [1.82, 2.24) is 9.80 Å². The largest absolute Gasteiger partial charge is 0.338 e. The molecule has 0 aromatic carbocycles. The smallest absolute Gasteiger partial charge is 0.197 e. The fraction of sp³-hybridized carbons (Fsp3) is 0.958. The quantitative estimate of drug-likeness (QED) is 0.570. The molecule has 3 heteroatoms. The third kappa shape index (κ3) is 4.65. The number of hydrogen-bond donors (Lipinski definition) is 0. The van der Waals surface area contributed by atoms with Gasteiger partial charge in [0.2, 0.25) is 0 Å². The van der Waals surface area contributed by atoms with Gasteiger partial charge in [-0.3, -0.25) is 4.99 Å². The van der Waals surface area contributed by atoms with Gasteiger partial charge in [-0.15, -0.1) is 0 Å². The molecule has 0 radical (unpaired) electrons. The number of fused-ring (bicyclic) bond motifs is 1. The van der Waals surface area contributed by atoms with E-state index in [0.717, 1.165) is 30.3 Å². The van der Waals surface area contributed by atoms with E-state index in [0.29, 0.717) is 6.04 Å². The summed E-state index contributed by atoms with van der Waals surface area (Å²) in [5.41, 5.74) is 0. The van der Waals surface area contributed by atoms with Gasteiger partial charge in [0.1, 0.15) is 0 Å². The van der Waals surface area contributed by atoms with Crippen molar-refractivity contribution in [3.8, 4) is 0 Å². The zero-order chi connectivity index (χ0) is 18.6. The van der Waals surface area contributed by atoms with E-state index in [4.69, 9.17) is 4.99 Å². The van der Waals surface area contributed by atoms with Crippen LogP contribution in [0.2, 0.25) is 0 Å². The molecule has 2 saturated carbocycles. The molecule has 0 N–H and O–H groups in total. The summed E-state index contributed by atoms with van der Waals surface area (Å²) in [5, 5.41) is 0. The van der Waals surface area contributed by atoms with Crippen LogP contribution in [0.5, 0.6) is 0 Å². The first-order chi connectivity index (χ1) is 13.2. The molecule has 0 aromatic heterocycles. The van der Waals surface area contributed by atoms with E-state index in [1.165, 1.54) is 103 Å². The van der Waals surface area contributed by atoms with Gasteiger partial charge in [-0.2, -0.15) is 0 Å². The summed E-state index contributed by atoms with van der Waals surface area (Å²) in [6.45, 7) is 8.36. The van der Waals surface area contributed by atoms with Crippen LogP contribution in [0.25, 0.3) is 0 Å².